The monoisotopic (exact) mass is 193 g/mol. The quantitative estimate of drug-likeness (QED) is 0.775. The molecule has 14 heavy (non-hydrogen) atoms. The zero-order chi connectivity index (χ0) is 9.80. The first kappa shape index (κ1) is 9.71. The fourth-order valence-electron chi connectivity index (χ4n) is 2.23. The van der Waals surface area contributed by atoms with E-state index in [0.717, 1.165) is 13.1 Å². The first-order valence-corrected chi connectivity index (χ1v) is 5.63. The van der Waals surface area contributed by atoms with Gasteiger partial charge in [-0.3, -0.25) is 0 Å². The van der Waals surface area contributed by atoms with E-state index in [1.165, 1.54) is 31.6 Å². The fourth-order valence-corrected chi connectivity index (χ4v) is 2.23. The fraction of sp³-hybridized carbons (Fsp3) is 0.727. The first-order chi connectivity index (χ1) is 6.92. The van der Waals surface area contributed by atoms with Gasteiger partial charge in [0.25, 0.3) is 0 Å². The number of hydrogen-bond acceptors (Lipinski definition) is 2. The van der Waals surface area contributed by atoms with Gasteiger partial charge in [0.1, 0.15) is 5.82 Å². The van der Waals surface area contributed by atoms with Crippen LogP contribution in [-0.2, 0) is 6.54 Å². The minimum atomic E-state index is 0.667. The van der Waals surface area contributed by atoms with Crippen molar-refractivity contribution in [3.63, 3.8) is 0 Å². The highest BCUT2D eigenvalue weighted by atomic mass is 15.1. The summed E-state index contributed by atoms with van der Waals surface area (Å²) in [5.41, 5.74) is 0. The van der Waals surface area contributed by atoms with Crippen molar-refractivity contribution in [2.45, 2.75) is 38.6 Å². The van der Waals surface area contributed by atoms with Gasteiger partial charge in [-0.15, -0.1) is 0 Å². The van der Waals surface area contributed by atoms with Crippen molar-refractivity contribution < 1.29 is 0 Å². The maximum atomic E-state index is 4.49. The molecular weight excluding hydrogens is 174 g/mol. The van der Waals surface area contributed by atoms with Crippen molar-refractivity contribution in [3.05, 3.63) is 18.2 Å². The zero-order valence-corrected chi connectivity index (χ0v) is 8.87. The van der Waals surface area contributed by atoms with Gasteiger partial charge in [-0.25, -0.2) is 4.98 Å². The van der Waals surface area contributed by atoms with Crippen molar-refractivity contribution in [2.75, 3.05) is 13.1 Å². The number of nitrogens with one attached hydrogen (secondary N) is 1. The van der Waals surface area contributed by atoms with Crippen LogP contribution in [0.25, 0.3) is 0 Å². The Morgan fingerprint density at radius 2 is 2.43 bits per heavy atom. The highest BCUT2D eigenvalue weighted by Gasteiger charge is 2.17. The molecule has 1 saturated heterocycles. The number of hydrogen-bond donors (Lipinski definition) is 1. The summed E-state index contributed by atoms with van der Waals surface area (Å²) in [4.78, 5) is 4.49. The Hall–Kier alpha value is -0.830. The molecule has 1 fully saturated rings. The van der Waals surface area contributed by atoms with Crippen LogP contribution in [0.3, 0.4) is 0 Å². The van der Waals surface area contributed by atoms with Gasteiger partial charge in [-0.05, 0) is 39.3 Å². The molecule has 1 aliphatic heterocycles. The Balaban J connectivity index is 2.11. The molecule has 2 rings (SSSR count). The molecule has 0 aromatic carbocycles. The summed E-state index contributed by atoms with van der Waals surface area (Å²) in [5.74, 6) is 1.95. The van der Waals surface area contributed by atoms with E-state index < -0.39 is 0 Å². The standard InChI is InChI=1S/C11H19N3/c1-2-14-9-8-13-11(14)10-4-3-6-12-7-5-10/h8-10,12H,2-7H2,1H3. The van der Waals surface area contributed by atoms with Crippen LogP contribution in [0, 0.1) is 0 Å². The number of rotatable bonds is 2. The summed E-state index contributed by atoms with van der Waals surface area (Å²) in [6.45, 7) is 5.53. The van der Waals surface area contributed by atoms with E-state index in [9.17, 15) is 0 Å². The van der Waals surface area contributed by atoms with Gasteiger partial charge in [0.05, 0.1) is 0 Å². The van der Waals surface area contributed by atoms with E-state index in [2.05, 4.69) is 28.0 Å². The first-order valence-electron chi connectivity index (χ1n) is 5.63. The molecule has 1 aromatic rings. The molecule has 0 saturated carbocycles. The summed E-state index contributed by atoms with van der Waals surface area (Å²) < 4.78 is 2.27. The molecule has 2 heterocycles. The summed E-state index contributed by atoms with van der Waals surface area (Å²) in [6, 6.07) is 0. The predicted molar refractivity (Wildman–Crippen MR) is 57.4 cm³/mol. The van der Waals surface area contributed by atoms with E-state index in [4.69, 9.17) is 0 Å². The number of aromatic nitrogens is 2. The van der Waals surface area contributed by atoms with Gasteiger partial charge in [0.15, 0.2) is 0 Å². The van der Waals surface area contributed by atoms with Gasteiger partial charge in [0, 0.05) is 24.9 Å². The average molecular weight is 193 g/mol. The van der Waals surface area contributed by atoms with Gasteiger partial charge in [-0.2, -0.15) is 0 Å². The smallest absolute Gasteiger partial charge is 0.111 e. The largest absolute Gasteiger partial charge is 0.335 e. The molecule has 0 bridgehead atoms. The van der Waals surface area contributed by atoms with Gasteiger partial charge in [0.2, 0.25) is 0 Å². The van der Waals surface area contributed by atoms with Crippen molar-refractivity contribution >= 4 is 0 Å². The summed E-state index contributed by atoms with van der Waals surface area (Å²) in [7, 11) is 0. The molecule has 0 radical (unpaired) electrons. The molecule has 1 unspecified atom stereocenters. The highest BCUT2D eigenvalue weighted by Crippen LogP contribution is 2.24. The molecular formula is C11H19N3. The minimum absolute atomic E-state index is 0.667. The second kappa shape index (κ2) is 4.60. The molecule has 3 nitrogen and oxygen atoms in total. The molecule has 0 spiro atoms. The maximum Gasteiger partial charge on any atom is 0.111 e. The third-order valence-electron chi connectivity index (χ3n) is 3.03. The number of imidazole rings is 1. The van der Waals surface area contributed by atoms with Crippen LogP contribution in [0.1, 0.15) is 37.9 Å². The van der Waals surface area contributed by atoms with Crippen LogP contribution in [0.4, 0.5) is 0 Å². The Kier molecular flexibility index (Phi) is 3.19. The summed E-state index contributed by atoms with van der Waals surface area (Å²) in [6.07, 6.45) is 7.81. The van der Waals surface area contributed by atoms with Crippen LogP contribution in [0.15, 0.2) is 12.4 Å². The van der Waals surface area contributed by atoms with E-state index in [1.54, 1.807) is 0 Å². The SMILES string of the molecule is CCn1ccnc1C1CCCNCC1. The lowest BCUT2D eigenvalue weighted by molar-refractivity contribution is 0.539. The second-order valence-electron chi connectivity index (χ2n) is 3.95. The minimum Gasteiger partial charge on any atom is -0.335 e. The van der Waals surface area contributed by atoms with Gasteiger partial charge in [-0.1, -0.05) is 0 Å². The summed E-state index contributed by atoms with van der Waals surface area (Å²) >= 11 is 0. The van der Waals surface area contributed by atoms with E-state index in [0.29, 0.717) is 5.92 Å². The van der Waals surface area contributed by atoms with Crippen LogP contribution in [0.2, 0.25) is 0 Å². The van der Waals surface area contributed by atoms with E-state index in [-0.39, 0.29) is 0 Å². The lowest BCUT2D eigenvalue weighted by Crippen LogP contribution is -2.14. The van der Waals surface area contributed by atoms with Gasteiger partial charge >= 0.3 is 0 Å². The zero-order valence-electron chi connectivity index (χ0n) is 8.87. The number of aryl methyl sites for hydroxylation is 1. The second-order valence-corrected chi connectivity index (χ2v) is 3.95. The molecule has 78 valence electrons. The Bertz CT molecular complexity index is 272. The van der Waals surface area contributed by atoms with Crippen molar-refractivity contribution in [3.8, 4) is 0 Å². The lowest BCUT2D eigenvalue weighted by atomic mass is 10.00. The predicted octanol–water partition coefficient (Wildman–Crippen LogP) is 1.76. The molecule has 1 N–H and O–H groups in total. The molecule has 0 amide bonds. The van der Waals surface area contributed by atoms with Crippen molar-refractivity contribution in [2.24, 2.45) is 0 Å². The van der Waals surface area contributed by atoms with E-state index in [1.807, 2.05) is 6.20 Å². The molecule has 1 aromatic heterocycles. The molecule has 3 heteroatoms. The Labute approximate surface area is 85.5 Å². The lowest BCUT2D eigenvalue weighted by Gasteiger charge is -2.14. The normalized spacial score (nSPS) is 23.4. The highest BCUT2D eigenvalue weighted by molar-refractivity contribution is 5.01. The third kappa shape index (κ3) is 1.98. The summed E-state index contributed by atoms with van der Waals surface area (Å²) in [5, 5.41) is 3.44. The number of nitrogens with zero attached hydrogens (tertiary/aromatic N) is 2. The van der Waals surface area contributed by atoms with Crippen LogP contribution >= 0.6 is 0 Å². The molecule has 1 aliphatic rings. The van der Waals surface area contributed by atoms with Crippen LogP contribution in [-0.4, -0.2) is 22.6 Å². The maximum absolute atomic E-state index is 4.49. The van der Waals surface area contributed by atoms with E-state index >= 15 is 0 Å². The van der Waals surface area contributed by atoms with Crippen LogP contribution in [0.5, 0.6) is 0 Å². The molecule has 0 aliphatic carbocycles. The average Bonchev–Trinajstić information content (AvgIpc) is 2.52. The van der Waals surface area contributed by atoms with Crippen molar-refractivity contribution in [1.82, 2.24) is 14.9 Å². The molecule has 1 atom stereocenters. The Morgan fingerprint density at radius 1 is 1.50 bits per heavy atom. The Morgan fingerprint density at radius 3 is 3.29 bits per heavy atom. The van der Waals surface area contributed by atoms with Crippen LogP contribution < -0.4 is 5.32 Å². The topological polar surface area (TPSA) is 29.9 Å². The third-order valence-corrected chi connectivity index (χ3v) is 3.03. The van der Waals surface area contributed by atoms with Gasteiger partial charge < -0.3 is 9.88 Å². The van der Waals surface area contributed by atoms with Crippen molar-refractivity contribution in [1.29, 1.82) is 0 Å².